The Morgan fingerprint density at radius 2 is 2.00 bits per heavy atom. The molecule has 2 aromatic heterocycles. The summed E-state index contributed by atoms with van der Waals surface area (Å²) in [5, 5.41) is 3.20. The van der Waals surface area contributed by atoms with Crippen molar-refractivity contribution < 1.29 is 9.59 Å². The van der Waals surface area contributed by atoms with Gasteiger partial charge in [0.25, 0.3) is 5.91 Å². The Balaban J connectivity index is 1.42. The second kappa shape index (κ2) is 6.96. The van der Waals surface area contributed by atoms with Crippen molar-refractivity contribution in [1.82, 2.24) is 19.8 Å². The number of aryl methyl sites for hydroxylation is 2. The van der Waals surface area contributed by atoms with Gasteiger partial charge in [0.1, 0.15) is 5.69 Å². The van der Waals surface area contributed by atoms with Gasteiger partial charge in [-0.2, -0.15) is 0 Å². The molecule has 0 aromatic carbocycles. The van der Waals surface area contributed by atoms with Crippen LogP contribution < -0.4 is 0 Å². The van der Waals surface area contributed by atoms with E-state index in [0.717, 1.165) is 60.0 Å². The summed E-state index contributed by atoms with van der Waals surface area (Å²) in [7, 11) is 0. The number of nitrogens with one attached hydrogen (secondary N) is 1. The molecule has 1 amide bonds. The molecular weight excluding hydrogens is 348 g/mol. The fraction of sp³-hybridized carbons (Fsp3) is 0.526. The van der Waals surface area contributed by atoms with Crippen LogP contribution >= 0.6 is 11.3 Å². The average molecular weight is 372 g/mol. The third kappa shape index (κ3) is 3.21. The van der Waals surface area contributed by atoms with E-state index in [1.165, 1.54) is 0 Å². The number of thiazole rings is 1. The van der Waals surface area contributed by atoms with Crippen molar-refractivity contribution in [1.29, 1.82) is 0 Å². The third-order valence-electron chi connectivity index (χ3n) is 5.36. The van der Waals surface area contributed by atoms with E-state index >= 15 is 0 Å². The molecule has 1 saturated heterocycles. The Morgan fingerprint density at radius 3 is 2.65 bits per heavy atom. The van der Waals surface area contributed by atoms with Crippen LogP contribution in [-0.4, -0.2) is 57.6 Å². The summed E-state index contributed by atoms with van der Waals surface area (Å²) in [5.74, 6) is 0.191. The van der Waals surface area contributed by atoms with Gasteiger partial charge >= 0.3 is 0 Å². The zero-order chi connectivity index (χ0) is 18.3. The predicted octanol–water partition coefficient (Wildman–Crippen LogP) is 2.57. The highest BCUT2D eigenvalue weighted by Gasteiger charge is 2.29. The highest BCUT2D eigenvalue weighted by Crippen LogP contribution is 2.27. The first-order chi connectivity index (χ1) is 12.5. The molecule has 3 heterocycles. The van der Waals surface area contributed by atoms with E-state index < -0.39 is 0 Å². The van der Waals surface area contributed by atoms with Gasteiger partial charge in [0.15, 0.2) is 5.78 Å². The van der Waals surface area contributed by atoms with Crippen LogP contribution in [0, 0.1) is 13.8 Å². The van der Waals surface area contributed by atoms with Gasteiger partial charge in [0.2, 0.25) is 0 Å². The maximum absolute atomic E-state index is 13.0. The molecule has 1 N–H and O–H groups in total. The van der Waals surface area contributed by atoms with Crippen LogP contribution in [0.5, 0.6) is 0 Å². The number of nitrogens with zero attached hydrogens (tertiary/aromatic N) is 3. The van der Waals surface area contributed by atoms with Crippen molar-refractivity contribution in [3.63, 3.8) is 0 Å². The second-order valence-corrected chi connectivity index (χ2v) is 8.24. The summed E-state index contributed by atoms with van der Waals surface area (Å²) >= 11 is 1.68. The Labute approximate surface area is 157 Å². The quantitative estimate of drug-likeness (QED) is 0.899. The van der Waals surface area contributed by atoms with Crippen LogP contribution in [-0.2, 0) is 13.0 Å². The van der Waals surface area contributed by atoms with Gasteiger partial charge in [-0.1, -0.05) is 0 Å². The molecule has 0 spiro atoms. The fourth-order valence-electron chi connectivity index (χ4n) is 3.97. The molecular formula is C19H24N4O2S. The van der Waals surface area contributed by atoms with Gasteiger partial charge in [-0.3, -0.25) is 14.5 Å². The number of fused-ring (bicyclic) bond motifs is 1. The lowest BCUT2D eigenvalue weighted by molar-refractivity contribution is 0.0621. The van der Waals surface area contributed by atoms with Crippen LogP contribution in [0.1, 0.15) is 55.6 Å². The standard InChI is InChI=1S/C19H24N4O2S/c1-12-17-15(4-3-5-16(17)24)21-18(12)19(25)23-8-6-22(7-9-23)10-14-11-26-13(2)20-14/h11,21H,3-10H2,1-2H3. The number of piperazine rings is 1. The number of Topliss-reactive ketones (excluding diaryl/α,β-unsaturated/α-hetero) is 1. The van der Waals surface area contributed by atoms with Gasteiger partial charge < -0.3 is 9.88 Å². The number of hydrogen-bond donors (Lipinski definition) is 1. The first-order valence-electron chi connectivity index (χ1n) is 9.20. The number of carbonyl (C=O) groups excluding carboxylic acids is 2. The van der Waals surface area contributed by atoms with Gasteiger partial charge in [-0.25, -0.2) is 4.98 Å². The molecule has 0 unspecified atom stereocenters. The number of hydrogen-bond acceptors (Lipinski definition) is 5. The Morgan fingerprint density at radius 1 is 1.23 bits per heavy atom. The summed E-state index contributed by atoms with van der Waals surface area (Å²) in [4.78, 5) is 37.2. The van der Waals surface area contributed by atoms with Crippen molar-refractivity contribution in [3.8, 4) is 0 Å². The van der Waals surface area contributed by atoms with Gasteiger partial charge in [0.05, 0.1) is 10.7 Å². The minimum Gasteiger partial charge on any atom is -0.354 e. The number of amides is 1. The van der Waals surface area contributed by atoms with Crippen LogP contribution in [0.2, 0.25) is 0 Å². The van der Waals surface area contributed by atoms with Crippen molar-refractivity contribution in [2.75, 3.05) is 26.2 Å². The molecule has 1 fully saturated rings. The zero-order valence-electron chi connectivity index (χ0n) is 15.3. The molecule has 2 aromatic rings. The molecule has 7 heteroatoms. The van der Waals surface area contributed by atoms with Crippen molar-refractivity contribution in [3.05, 3.63) is 38.6 Å². The lowest BCUT2D eigenvalue weighted by Gasteiger charge is -2.34. The molecule has 26 heavy (non-hydrogen) atoms. The van der Waals surface area contributed by atoms with Gasteiger partial charge in [-0.15, -0.1) is 11.3 Å². The number of carbonyl (C=O) groups is 2. The molecule has 0 bridgehead atoms. The third-order valence-corrected chi connectivity index (χ3v) is 6.18. The lowest BCUT2D eigenvalue weighted by atomic mass is 9.93. The van der Waals surface area contributed by atoms with E-state index in [9.17, 15) is 9.59 Å². The normalized spacial score (nSPS) is 18.2. The maximum atomic E-state index is 13.0. The number of aromatic nitrogens is 2. The number of aromatic amines is 1. The van der Waals surface area contributed by atoms with Gasteiger partial charge in [-0.05, 0) is 32.3 Å². The van der Waals surface area contributed by atoms with Crippen LogP contribution in [0.4, 0.5) is 0 Å². The first kappa shape index (κ1) is 17.4. The van der Waals surface area contributed by atoms with Gasteiger partial charge in [0, 0.05) is 55.8 Å². The summed E-state index contributed by atoms with van der Waals surface area (Å²) in [6.07, 6.45) is 2.32. The lowest BCUT2D eigenvalue weighted by Crippen LogP contribution is -2.48. The summed E-state index contributed by atoms with van der Waals surface area (Å²) in [6, 6.07) is 0. The molecule has 1 aliphatic carbocycles. The number of ketones is 1. The molecule has 2 aliphatic rings. The van der Waals surface area contributed by atoms with E-state index in [2.05, 4.69) is 20.2 Å². The highest BCUT2D eigenvalue weighted by molar-refractivity contribution is 7.09. The Kier molecular flexibility index (Phi) is 4.67. The topological polar surface area (TPSA) is 69.3 Å². The van der Waals surface area contributed by atoms with Crippen molar-refractivity contribution in [2.45, 2.75) is 39.7 Å². The molecule has 0 radical (unpaired) electrons. The predicted molar refractivity (Wildman–Crippen MR) is 101 cm³/mol. The minimum atomic E-state index is 0.0221. The average Bonchev–Trinajstić information content (AvgIpc) is 3.19. The monoisotopic (exact) mass is 372 g/mol. The summed E-state index contributed by atoms with van der Waals surface area (Å²) < 4.78 is 0. The molecule has 138 valence electrons. The molecule has 4 rings (SSSR count). The smallest absolute Gasteiger partial charge is 0.270 e. The largest absolute Gasteiger partial charge is 0.354 e. The maximum Gasteiger partial charge on any atom is 0.270 e. The van der Waals surface area contributed by atoms with E-state index in [-0.39, 0.29) is 11.7 Å². The van der Waals surface area contributed by atoms with Crippen molar-refractivity contribution >= 4 is 23.0 Å². The number of H-pyrrole nitrogens is 1. The molecule has 6 nitrogen and oxygen atoms in total. The van der Waals surface area contributed by atoms with Crippen LogP contribution in [0.25, 0.3) is 0 Å². The minimum absolute atomic E-state index is 0.0221. The number of rotatable bonds is 3. The zero-order valence-corrected chi connectivity index (χ0v) is 16.1. The SMILES string of the molecule is Cc1nc(CN2CCN(C(=O)c3[nH]c4c(c3C)C(=O)CCC4)CC2)cs1. The van der Waals surface area contributed by atoms with E-state index in [0.29, 0.717) is 25.2 Å². The summed E-state index contributed by atoms with van der Waals surface area (Å²) in [6.45, 7) is 7.87. The van der Waals surface area contributed by atoms with E-state index in [1.54, 1.807) is 11.3 Å². The van der Waals surface area contributed by atoms with Crippen LogP contribution in [0.15, 0.2) is 5.38 Å². The van der Waals surface area contributed by atoms with E-state index in [1.807, 2.05) is 18.7 Å². The second-order valence-electron chi connectivity index (χ2n) is 7.18. The molecule has 0 saturated carbocycles. The summed E-state index contributed by atoms with van der Waals surface area (Å²) in [5.41, 5.74) is 4.25. The highest BCUT2D eigenvalue weighted by atomic mass is 32.1. The fourth-order valence-corrected chi connectivity index (χ4v) is 4.57. The molecule has 1 aliphatic heterocycles. The Bertz CT molecular complexity index is 846. The Hall–Kier alpha value is -1.99. The molecule has 0 atom stereocenters. The van der Waals surface area contributed by atoms with Crippen LogP contribution in [0.3, 0.4) is 0 Å². The van der Waals surface area contributed by atoms with E-state index in [4.69, 9.17) is 0 Å². The van der Waals surface area contributed by atoms with Crippen molar-refractivity contribution in [2.24, 2.45) is 0 Å². The first-order valence-corrected chi connectivity index (χ1v) is 10.1.